The molecule has 1 aliphatic heterocycles. The van der Waals surface area contributed by atoms with Gasteiger partial charge in [-0.1, -0.05) is 48.8 Å². The first-order chi connectivity index (χ1) is 13.0. The number of rotatable bonds is 5. The monoisotopic (exact) mass is 389 g/mol. The summed E-state index contributed by atoms with van der Waals surface area (Å²) in [5.41, 5.74) is 2.03. The van der Waals surface area contributed by atoms with Crippen molar-refractivity contribution in [2.45, 2.75) is 25.8 Å². The maximum atomic E-state index is 6.40. The van der Waals surface area contributed by atoms with E-state index in [0.717, 1.165) is 61.5 Å². The first-order valence-electron chi connectivity index (χ1n) is 9.32. The van der Waals surface area contributed by atoms with E-state index >= 15 is 0 Å². The fourth-order valence-corrected chi connectivity index (χ4v) is 3.80. The minimum atomic E-state index is -0.0942. The summed E-state index contributed by atoms with van der Waals surface area (Å²) in [5, 5.41) is 8.34. The van der Waals surface area contributed by atoms with Crippen molar-refractivity contribution in [3.63, 3.8) is 0 Å². The summed E-state index contributed by atoms with van der Waals surface area (Å²) in [6.07, 6.45) is 1.62. The molecule has 1 saturated heterocycles. The predicted molar refractivity (Wildman–Crippen MR) is 109 cm³/mol. The highest BCUT2D eigenvalue weighted by Crippen LogP contribution is 2.29. The highest BCUT2D eigenvalue weighted by Gasteiger charge is 2.25. The molecule has 1 fully saturated rings. The molecule has 0 spiro atoms. The average Bonchev–Trinajstić information content (AvgIpc) is 3.17. The lowest BCUT2D eigenvalue weighted by Gasteiger charge is -2.37. The second kappa shape index (κ2) is 8.76. The van der Waals surface area contributed by atoms with Crippen LogP contribution in [-0.4, -0.2) is 60.7 Å². The smallest absolute Gasteiger partial charge is 0.193 e. The Kier molecular flexibility index (Phi) is 6.39. The molecule has 0 radical (unpaired) electrons. The van der Waals surface area contributed by atoms with E-state index < -0.39 is 0 Å². The van der Waals surface area contributed by atoms with E-state index in [1.54, 1.807) is 6.26 Å². The van der Waals surface area contributed by atoms with Crippen LogP contribution in [0.2, 0.25) is 5.02 Å². The molecule has 0 unspecified atom stereocenters. The number of benzene rings is 1. The lowest BCUT2D eigenvalue weighted by atomic mass is 9.84. The molecule has 0 atom stereocenters. The van der Waals surface area contributed by atoms with E-state index in [1.165, 1.54) is 0 Å². The minimum Gasteiger partial charge on any atom is -0.364 e. The molecule has 1 aromatic heterocycles. The lowest BCUT2D eigenvalue weighted by Crippen LogP contribution is -2.53. The second-order valence-corrected chi connectivity index (χ2v) is 7.93. The summed E-state index contributed by atoms with van der Waals surface area (Å²) in [6, 6.07) is 9.96. The van der Waals surface area contributed by atoms with Gasteiger partial charge in [0.2, 0.25) is 0 Å². The molecule has 0 bridgehead atoms. The molecule has 7 heteroatoms. The Morgan fingerprint density at radius 3 is 2.59 bits per heavy atom. The largest absolute Gasteiger partial charge is 0.364 e. The molecular formula is C20H28ClN5O. The Morgan fingerprint density at radius 1 is 1.22 bits per heavy atom. The molecule has 2 heterocycles. The van der Waals surface area contributed by atoms with Crippen molar-refractivity contribution in [3.8, 4) is 0 Å². The quantitative estimate of drug-likeness (QED) is 0.629. The van der Waals surface area contributed by atoms with Crippen molar-refractivity contribution < 1.29 is 4.52 Å². The number of aliphatic imine (C=N–C) groups is 1. The Morgan fingerprint density at radius 2 is 1.96 bits per heavy atom. The van der Waals surface area contributed by atoms with Crippen LogP contribution >= 0.6 is 11.6 Å². The van der Waals surface area contributed by atoms with Gasteiger partial charge in [0.25, 0.3) is 0 Å². The molecule has 1 N–H and O–H groups in total. The van der Waals surface area contributed by atoms with Crippen molar-refractivity contribution in [3.05, 3.63) is 52.9 Å². The van der Waals surface area contributed by atoms with Crippen LogP contribution in [-0.2, 0) is 12.0 Å². The van der Waals surface area contributed by atoms with Crippen LogP contribution < -0.4 is 5.32 Å². The molecule has 0 amide bonds. The summed E-state index contributed by atoms with van der Waals surface area (Å²) in [6.45, 7) is 9.81. The van der Waals surface area contributed by atoms with Gasteiger partial charge in [0, 0.05) is 62.8 Å². The topological polar surface area (TPSA) is 56.9 Å². The van der Waals surface area contributed by atoms with Gasteiger partial charge < -0.3 is 14.7 Å². The second-order valence-electron chi connectivity index (χ2n) is 7.52. The van der Waals surface area contributed by atoms with Gasteiger partial charge in [-0.25, -0.2) is 0 Å². The van der Waals surface area contributed by atoms with Crippen molar-refractivity contribution in [1.82, 2.24) is 20.3 Å². The maximum absolute atomic E-state index is 6.40. The Hall–Kier alpha value is -2.05. The average molecular weight is 390 g/mol. The van der Waals surface area contributed by atoms with Crippen molar-refractivity contribution in [2.75, 3.05) is 39.8 Å². The molecule has 27 heavy (non-hydrogen) atoms. The molecule has 3 rings (SSSR count). The molecule has 1 aliphatic rings. The summed E-state index contributed by atoms with van der Waals surface area (Å²) in [7, 11) is 1.84. The summed E-state index contributed by atoms with van der Waals surface area (Å²) >= 11 is 6.40. The highest BCUT2D eigenvalue weighted by atomic mass is 35.5. The third-order valence-electron chi connectivity index (χ3n) is 5.05. The molecule has 1 aromatic carbocycles. The molecule has 2 aromatic rings. The normalized spacial score (nSPS) is 16.6. The predicted octanol–water partition coefficient (Wildman–Crippen LogP) is 3.00. The molecule has 0 saturated carbocycles. The van der Waals surface area contributed by atoms with Gasteiger partial charge in [-0.15, -0.1) is 0 Å². The van der Waals surface area contributed by atoms with Crippen LogP contribution in [0.1, 0.15) is 25.1 Å². The van der Waals surface area contributed by atoms with E-state index in [0.29, 0.717) is 0 Å². The third kappa shape index (κ3) is 5.02. The third-order valence-corrected chi connectivity index (χ3v) is 5.38. The zero-order valence-corrected chi connectivity index (χ0v) is 17.0. The SMILES string of the molecule is CN=C(NCC(C)(C)c1ccccc1Cl)N1CCN(Cc2ccon2)CC1. The number of nitrogens with zero attached hydrogens (tertiary/aromatic N) is 4. The molecule has 146 valence electrons. The Labute approximate surface area is 166 Å². The van der Waals surface area contributed by atoms with Crippen LogP contribution in [0.25, 0.3) is 0 Å². The number of hydrogen-bond acceptors (Lipinski definition) is 4. The van der Waals surface area contributed by atoms with E-state index in [1.807, 2.05) is 31.3 Å². The van der Waals surface area contributed by atoms with Crippen LogP contribution in [0, 0.1) is 0 Å². The number of guanidine groups is 1. The first kappa shape index (κ1) is 19.7. The van der Waals surface area contributed by atoms with Gasteiger partial charge in [0.1, 0.15) is 6.26 Å². The molecular weight excluding hydrogens is 362 g/mol. The summed E-state index contributed by atoms with van der Waals surface area (Å²) in [4.78, 5) is 9.18. The zero-order valence-electron chi connectivity index (χ0n) is 16.3. The molecule has 0 aliphatic carbocycles. The minimum absolute atomic E-state index is 0.0942. The van der Waals surface area contributed by atoms with Crippen molar-refractivity contribution in [2.24, 2.45) is 4.99 Å². The van der Waals surface area contributed by atoms with Crippen LogP contribution in [0.5, 0.6) is 0 Å². The van der Waals surface area contributed by atoms with Crippen molar-refractivity contribution >= 4 is 17.6 Å². The van der Waals surface area contributed by atoms with Gasteiger partial charge in [-0.2, -0.15) is 0 Å². The fraction of sp³-hybridized carbons (Fsp3) is 0.500. The van der Waals surface area contributed by atoms with Crippen LogP contribution in [0.3, 0.4) is 0 Å². The number of piperazine rings is 1. The number of halogens is 1. The summed E-state index contributed by atoms with van der Waals surface area (Å²) in [5.74, 6) is 0.941. The Bertz CT molecular complexity index is 751. The Balaban J connectivity index is 1.53. The van der Waals surface area contributed by atoms with E-state index in [-0.39, 0.29) is 5.41 Å². The van der Waals surface area contributed by atoms with E-state index in [9.17, 15) is 0 Å². The van der Waals surface area contributed by atoms with Gasteiger partial charge in [-0.05, 0) is 11.6 Å². The first-order valence-corrected chi connectivity index (χ1v) is 9.69. The molecule has 6 nitrogen and oxygen atoms in total. The van der Waals surface area contributed by atoms with Gasteiger partial charge >= 0.3 is 0 Å². The number of nitrogens with one attached hydrogen (secondary N) is 1. The van der Waals surface area contributed by atoms with Crippen LogP contribution in [0.4, 0.5) is 0 Å². The number of aromatic nitrogens is 1. The zero-order chi connectivity index (χ0) is 19.3. The van der Waals surface area contributed by atoms with Gasteiger partial charge in [-0.3, -0.25) is 9.89 Å². The highest BCUT2D eigenvalue weighted by molar-refractivity contribution is 6.31. The van der Waals surface area contributed by atoms with Gasteiger partial charge in [0.15, 0.2) is 5.96 Å². The summed E-state index contributed by atoms with van der Waals surface area (Å²) < 4.78 is 4.92. The van der Waals surface area contributed by atoms with Crippen LogP contribution in [0.15, 0.2) is 46.1 Å². The maximum Gasteiger partial charge on any atom is 0.193 e. The lowest BCUT2D eigenvalue weighted by molar-refractivity contribution is 0.168. The van der Waals surface area contributed by atoms with E-state index in [2.05, 4.69) is 45.2 Å². The van der Waals surface area contributed by atoms with Crippen molar-refractivity contribution in [1.29, 1.82) is 0 Å². The van der Waals surface area contributed by atoms with Gasteiger partial charge in [0.05, 0.1) is 5.69 Å². The number of hydrogen-bond donors (Lipinski definition) is 1. The standard InChI is InChI=1S/C20H28ClN5O/c1-20(2,17-6-4-5-7-18(17)21)15-23-19(22-3)26-11-9-25(10-12-26)14-16-8-13-27-24-16/h4-8,13H,9-12,14-15H2,1-3H3,(H,22,23). The fourth-order valence-electron chi connectivity index (χ4n) is 3.40. The van der Waals surface area contributed by atoms with E-state index in [4.69, 9.17) is 16.1 Å².